The summed E-state index contributed by atoms with van der Waals surface area (Å²) in [5.74, 6) is 0.850. The van der Waals surface area contributed by atoms with E-state index in [1.54, 1.807) is 16.4 Å². The molecule has 118 valence electrons. The number of thioether (sulfide) groups is 1. The topological polar surface area (TPSA) is 49.4 Å². The maximum absolute atomic E-state index is 12.8. The van der Waals surface area contributed by atoms with Crippen LogP contribution in [-0.4, -0.2) is 43.4 Å². The van der Waals surface area contributed by atoms with Crippen molar-refractivity contribution in [1.82, 2.24) is 9.62 Å². The molecule has 0 aliphatic carbocycles. The van der Waals surface area contributed by atoms with Crippen molar-refractivity contribution in [1.29, 1.82) is 0 Å². The molecule has 6 heteroatoms. The van der Waals surface area contributed by atoms with E-state index >= 15 is 0 Å². The Morgan fingerprint density at radius 2 is 2.10 bits per heavy atom. The lowest BCUT2D eigenvalue weighted by atomic mass is 10.1. The van der Waals surface area contributed by atoms with Gasteiger partial charge in [-0.3, -0.25) is 0 Å². The predicted molar refractivity (Wildman–Crippen MR) is 89.1 cm³/mol. The fraction of sp³-hybridized carbons (Fsp3) is 0.600. The van der Waals surface area contributed by atoms with Crippen LogP contribution in [0.5, 0.6) is 0 Å². The van der Waals surface area contributed by atoms with Crippen LogP contribution in [0.4, 0.5) is 0 Å². The first-order chi connectivity index (χ1) is 9.85. The van der Waals surface area contributed by atoms with E-state index in [9.17, 15) is 8.42 Å². The van der Waals surface area contributed by atoms with Crippen LogP contribution in [0, 0.1) is 0 Å². The van der Waals surface area contributed by atoms with Crippen molar-refractivity contribution in [3.05, 3.63) is 29.8 Å². The molecule has 1 aromatic carbocycles. The average molecular weight is 329 g/mol. The fourth-order valence-corrected chi connectivity index (χ4v) is 5.14. The van der Waals surface area contributed by atoms with Gasteiger partial charge in [-0.2, -0.15) is 16.1 Å². The molecule has 2 rings (SSSR count). The first-order valence-electron chi connectivity index (χ1n) is 7.23. The number of benzene rings is 1. The highest BCUT2D eigenvalue weighted by atomic mass is 32.2. The van der Waals surface area contributed by atoms with Crippen LogP contribution in [0.1, 0.15) is 25.8 Å². The van der Waals surface area contributed by atoms with Gasteiger partial charge >= 0.3 is 0 Å². The summed E-state index contributed by atoms with van der Waals surface area (Å²) in [5, 5.41) is 3.05. The van der Waals surface area contributed by atoms with Crippen LogP contribution >= 0.6 is 11.8 Å². The smallest absolute Gasteiger partial charge is 0.243 e. The maximum Gasteiger partial charge on any atom is 0.243 e. The molecule has 21 heavy (non-hydrogen) atoms. The van der Waals surface area contributed by atoms with Gasteiger partial charge in [-0.1, -0.05) is 26.0 Å². The molecule has 0 aromatic heterocycles. The van der Waals surface area contributed by atoms with E-state index in [4.69, 9.17) is 0 Å². The molecule has 1 heterocycles. The zero-order valence-electron chi connectivity index (χ0n) is 12.9. The van der Waals surface area contributed by atoms with Gasteiger partial charge in [-0.05, 0) is 31.2 Å². The molecule has 0 radical (unpaired) electrons. The molecule has 0 spiro atoms. The molecule has 0 amide bonds. The number of rotatable bonds is 4. The van der Waals surface area contributed by atoms with Crippen molar-refractivity contribution in [2.75, 3.05) is 25.9 Å². The van der Waals surface area contributed by atoms with Crippen LogP contribution < -0.4 is 5.32 Å². The van der Waals surface area contributed by atoms with Gasteiger partial charge < -0.3 is 5.32 Å². The van der Waals surface area contributed by atoms with Gasteiger partial charge in [0, 0.05) is 30.1 Å². The summed E-state index contributed by atoms with van der Waals surface area (Å²) in [7, 11) is -1.53. The van der Waals surface area contributed by atoms with E-state index in [1.165, 1.54) is 0 Å². The summed E-state index contributed by atoms with van der Waals surface area (Å²) in [4.78, 5) is 0.403. The van der Waals surface area contributed by atoms with Gasteiger partial charge in [0.1, 0.15) is 0 Å². The average Bonchev–Trinajstić information content (AvgIpc) is 2.61. The van der Waals surface area contributed by atoms with Crippen LogP contribution in [0.15, 0.2) is 29.2 Å². The fourth-order valence-electron chi connectivity index (χ4n) is 2.41. The first-order valence-corrected chi connectivity index (χ1v) is 9.65. The number of hydrogen-bond acceptors (Lipinski definition) is 4. The van der Waals surface area contributed by atoms with Crippen LogP contribution in [-0.2, 0) is 16.6 Å². The molecular weight excluding hydrogens is 304 g/mol. The van der Waals surface area contributed by atoms with Gasteiger partial charge in [0.2, 0.25) is 10.0 Å². The third-order valence-electron chi connectivity index (χ3n) is 3.71. The van der Waals surface area contributed by atoms with Crippen molar-refractivity contribution < 1.29 is 8.42 Å². The number of hydrogen-bond donors (Lipinski definition) is 1. The lowest BCUT2D eigenvalue weighted by Crippen LogP contribution is -2.33. The van der Waals surface area contributed by atoms with Crippen molar-refractivity contribution in [2.45, 2.75) is 36.5 Å². The summed E-state index contributed by atoms with van der Waals surface area (Å²) < 4.78 is 27.4. The highest BCUT2D eigenvalue weighted by Gasteiger charge is 2.30. The van der Waals surface area contributed by atoms with Crippen LogP contribution in [0.2, 0.25) is 0 Å². The van der Waals surface area contributed by atoms with E-state index in [0.717, 1.165) is 17.7 Å². The van der Waals surface area contributed by atoms with Crippen molar-refractivity contribution in [3.8, 4) is 0 Å². The lowest BCUT2D eigenvalue weighted by Gasteiger charge is -2.22. The second kappa shape index (κ2) is 6.69. The molecule has 4 nitrogen and oxygen atoms in total. The van der Waals surface area contributed by atoms with Gasteiger partial charge in [0.05, 0.1) is 4.90 Å². The molecule has 1 aliphatic rings. The van der Waals surface area contributed by atoms with E-state index in [0.29, 0.717) is 24.5 Å². The minimum atomic E-state index is -3.38. The number of sulfonamides is 1. The molecule has 0 saturated carbocycles. The quantitative estimate of drug-likeness (QED) is 0.921. The molecule has 1 fully saturated rings. The minimum Gasteiger partial charge on any atom is -0.316 e. The Kier molecular flexibility index (Phi) is 5.35. The van der Waals surface area contributed by atoms with Gasteiger partial charge in [-0.25, -0.2) is 8.42 Å². The Morgan fingerprint density at radius 3 is 2.81 bits per heavy atom. The molecule has 0 bridgehead atoms. The van der Waals surface area contributed by atoms with Crippen molar-refractivity contribution in [2.24, 2.45) is 0 Å². The Balaban J connectivity index is 2.23. The molecule has 0 atom stereocenters. The highest BCUT2D eigenvalue weighted by molar-refractivity contribution is 8.00. The van der Waals surface area contributed by atoms with E-state index in [2.05, 4.69) is 19.2 Å². The summed E-state index contributed by atoms with van der Waals surface area (Å²) in [6.07, 6.45) is 0.882. The van der Waals surface area contributed by atoms with Gasteiger partial charge in [-0.15, -0.1) is 0 Å². The number of nitrogens with one attached hydrogen (secondary N) is 1. The van der Waals surface area contributed by atoms with Gasteiger partial charge in [0.15, 0.2) is 0 Å². The third kappa shape index (κ3) is 4.22. The predicted octanol–water partition coefficient (Wildman–Crippen LogP) is 2.31. The maximum atomic E-state index is 12.8. The van der Waals surface area contributed by atoms with Crippen LogP contribution in [0.3, 0.4) is 0 Å². The molecule has 1 N–H and O–H groups in total. The molecular formula is C15H24N2O2S2. The first kappa shape index (κ1) is 16.8. The molecule has 1 aromatic rings. The Bertz CT molecular complexity index is 585. The molecule has 0 unspecified atom stereocenters. The SMILES string of the molecule is CNCc1cccc(S(=O)(=O)N2CCSC(C)(C)CC2)c1. The van der Waals surface area contributed by atoms with E-state index in [-0.39, 0.29) is 4.75 Å². The highest BCUT2D eigenvalue weighted by Crippen LogP contribution is 2.32. The van der Waals surface area contributed by atoms with Crippen LogP contribution in [0.25, 0.3) is 0 Å². The van der Waals surface area contributed by atoms with E-state index < -0.39 is 10.0 Å². The monoisotopic (exact) mass is 328 g/mol. The van der Waals surface area contributed by atoms with Crippen molar-refractivity contribution >= 4 is 21.8 Å². The second-order valence-corrected chi connectivity index (χ2v) is 9.68. The summed E-state index contributed by atoms with van der Waals surface area (Å²) in [6.45, 7) is 6.22. The Hall–Kier alpha value is -0.560. The van der Waals surface area contributed by atoms with Crippen molar-refractivity contribution in [3.63, 3.8) is 0 Å². The Labute approximate surface area is 132 Å². The zero-order chi connectivity index (χ0) is 15.5. The lowest BCUT2D eigenvalue weighted by molar-refractivity contribution is 0.415. The normalized spacial score (nSPS) is 20.1. The largest absolute Gasteiger partial charge is 0.316 e. The second-order valence-electron chi connectivity index (χ2n) is 5.94. The minimum absolute atomic E-state index is 0.151. The number of nitrogens with zero attached hydrogens (tertiary/aromatic N) is 1. The Morgan fingerprint density at radius 1 is 1.33 bits per heavy atom. The summed E-state index contributed by atoms with van der Waals surface area (Å²) in [5.41, 5.74) is 0.989. The standard InChI is InChI=1S/C15H24N2O2S2/c1-15(2)7-8-17(9-10-20-15)21(18,19)14-6-4-5-13(11-14)12-16-3/h4-6,11,16H,7-10,12H2,1-3H3. The van der Waals surface area contributed by atoms with Gasteiger partial charge in [0.25, 0.3) is 0 Å². The molecule has 1 saturated heterocycles. The summed E-state index contributed by atoms with van der Waals surface area (Å²) in [6, 6.07) is 7.22. The zero-order valence-corrected chi connectivity index (χ0v) is 14.6. The molecule has 1 aliphatic heterocycles. The third-order valence-corrected chi connectivity index (χ3v) is 6.98. The summed E-state index contributed by atoms with van der Waals surface area (Å²) >= 11 is 1.85. The van der Waals surface area contributed by atoms with E-state index in [1.807, 2.05) is 30.9 Å².